The van der Waals surface area contributed by atoms with Gasteiger partial charge in [0.1, 0.15) is 11.6 Å². The van der Waals surface area contributed by atoms with Crippen LogP contribution in [0.2, 0.25) is 0 Å². The van der Waals surface area contributed by atoms with Crippen molar-refractivity contribution in [2.75, 3.05) is 0 Å². The first-order valence-electron chi connectivity index (χ1n) is 7.39. The van der Waals surface area contributed by atoms with Crippen LogP contribution in [0.5, 0.6) is 5.75 Å². The summed E-state index contributed by atoms with van der Waals surface area (Å²) in [6.07, 6.45) is -1.51. The lowest BCUT2D eigenvalue weighted by Crippen LogP contribution is -2.21. The van der Waals surface area contributed by atoms with Crippen LogP contribution >= 0.6 is 0 Å². The van der Waals surface area contributed by atoms with Crippen LogP contribution in [0.4, 0.5) is 13.2 Å². The Hall–Kier alpha value is -1.97. The lowest BCUT2D eigenvalue weighted by Gasteiger charge is -2.19. The third-order valence-electron chi connectivity index (χ3n) is 3.76. The Bertz CT molecular complexity index is 587. The number of halogens is 3. The zero-order chi connectivity index (χ0) is 16.2. The highest BCUT2D eigenvalue weighted by Gasteiger charge is 2.34. The molecule has 0 aliphatic carbocycles. The minimum Gasteiger partial charge on any atom is -0.429 e. The zero-order valence-corrected chi connectivity index (χ0v) is 12.7. The molecule has 2 aromatic carbocycles. The van der Waals surface area contributed by atoms with E-state index in [4.69, 9.17) is 4.74 Å². The normalized spacial score (nSPS) is 11.7. The average Bonchev–Trinajstić information content (AvgIpc) is 2.51. The van der Waals surface area contributed by atoms with Gasteiger partial charge in [-0.1, -0.05) is 26.0 Å². The molecule has 0 aliphatic heterocycles. The van der Waals surface area contributed by atoms with Crippen molar-refractivity contribution in [2.45, 2.75) is 38.7 Å². The largest absolute Gasteiger partial charge is 0.429 e. The number of hydrogen-bond acceptors (Lipinski definition) is 1. The number of rotatable bonds is 6. The van der Waals surface area contributed by atoms with Gasteiger partial charge in [0.05, 0.1) is 5.56 Å². The fourth-order valence-corrected chi connectivity index (χ4v) is 2.42. The number of benzene rings is 2. The fourth-order valence-electron chi connectivity index (χ4n) is 2.42. The molecular formula is C18H19F3O. The highest BCUT2D eigenvalue weighted by molar-refractivity contribution is 5.29. The quantitative estimate of drug-likeness (QED) is 0.649. The molecule has 2 aromatic rings. The third kappa shape index (κ3) is 3.81. The molecule has 0 saturated carbocycles. The van der Waals surface area contributed by atoms with Gasteiger partial charge in [-0.05, 0) is 60.7 Å². The van der Waals surface area contributed by atoms with E-state index in [-0.39, 0.29) is 11.3 Å². The van der Waals surface area contributed by atoms with Gasteiger partial charge in [0.25, 0.3) is 0 Å². The van der Waals surface area contributed by atoms with Crippen LogP contribution in [0.3, 0.4) is 0 Å². The second-order valence-electron chi connectivity index (χ2n) is 5.21. The predicted octanol–water partition coefficient (Wildman–Crippen LogP) is 5.86. The Labute approximate surface area is 128 Å². The maximum absolute atomic E-state index is 14.1. The smallest absolute Gasteiger partial charge is 0.426 e. The minimum atomic E-state index is -3.45. The maximum Gasteiger partial charge on any atom is 0.426 e. The van der Waals surface area contributed by atoms with Gasteiger partial charge in [-0.25, -0.2) is 4.39 Å². The summed E-state index contributed by atoms with van der Waals surface area (Å²) < 4.78 is 45.7. The molecule has 0 N–H and O–H groups in total. The van der Waals surface area contributed by atoms with Crippen LogP contribution < -0.4 is 4.74 Å². The van der Waals surface area contributed by atoms with E-state index >= 15 is 0 Å². The molecule has 118 valence electrons. The predicted molar refractivity (Wildman–Crippen MR) is 80.7 cm³/mol. The molecule has 0 radical (unpaired) electrons. The van der Waals surface area contributed by atoms with Crippen LogP contribution in [0.25, 0.3) is 0 Å². The second kappa shape index (κ2) is 6.86. The summed E-state index contributed by atoms with van der Waals surface area (Å²) in [5.41, 5.74) is 0.831. The zero-order valence-electron chi connectivity index (χ0n) is 12.7. The Kier molecular flexibility index (Phi) is 5.11. The minimum absolute atomic E-state index is 0.0736. The highest BCUT2D eigenvalue weighted by Crippen LogP contribution is 2.33. The van der Waals surface area contributed by atoms with Crippen LogP contribution in [-0.2, 0) is 6.11 Å². The van der Waals surface area contributed by atoms with E-state index in [1.807, 2.05) is 0 Å². The first-order valence-corrected chi connectivity index (χ1v) is 7.39. The fraction of sp³-hybridized carbons (Fsp3) is 0.333. The van der Waals surface area contributed by atoms with Gasteiger partial charge in [-0.15, -0.1) is 0 Å². The van der Waals surface area contributed by atoms with Gasteiger partial charge in [-0.2, -0.15) is 8.78 Å². The molecule has 0 heterocycles. The van der Waals surface area contributed by atoms with Gasteiger partial charge in [0, 0.05) is 0 Å². The van der Waals surface area contributed by atoms with Crippen molar-refractivity contribution in [2.24, 2.45) is 0 Å². The number of alkyl halides is 2. The Morgan fingerprint density at radius 1 is 0.909 bits per heavy atom. The van der Waals surface area contributed by atoms with E-state index in [2.05, 4.69) is 13.8 Å². The molecule has 22 heavy (non-hydrogen) atoms. The van der Waals surface area contributed by atoms with Gasteiger partial charge in [-0.3, -0.25) is 0 Å². The van der Waals surface area contributed by atoms with E-state index < -0.39 is 11.9 Å². The maximum atomic E-state index is 14.1. The van der Waals surface area contributed by atoms with Gasteiger partial charge in [0.15, 0.2) is 0 Å². The molecule has 1 nitrogen and oxygen atoms in total. The molecule has 0 atom stereocenters. The van der Waals surface area contributed by atoms with Gasteiger partial charge in [0.2, 0.25) is 0 Å². The van der Waals surface area contributed by atoms with E-state index in [0.29, 0.717) is 5.92 Å². The van der Waals surface area contributed by atoms with Crippen molar-refractivity contribution in [1.82, 2.24) is 0 Å². The number of ether oxygens (including phenoxy) is 1. The summed E-state index contributed by atoms with van der Waals surface area (Å²) in [6, 6.07) is 10.7. The summed E-state index contributed by atoms with van der Waals surface area (Å²) >= 11 is 0. The van der Waals surface area contributed by atoms with Crippen LogP contribution in [0.15, 0.2) is 48.5 Å². The standard InChI is InChI=1S/C18H19F3O/c1-3-13(4-2)14-5-7-15(8-6-14)18(20,21)22-17-11-9-16(19)10-12-17/h5-13H,3-4H2,1-2H3. The summed E-state index contributed by atoms with van der Waals surface area (Å²) in [5.74, 6) is -0.193. The number of hydrogen-bond donors (Lipinski definition) is 0. The summed E-state index contributed by atoms with van der Waals surface area (Å²) in [7, 11) is 0. The van der Waals surface area contributed by atoms with Crippen molar-refractivity contribution in [3.05, 3.63) is 65.5 Å². The molecule has 0 unspecified atom stereocenters. The SMILES string of the molecule is CCC(CC)c1ccc(C(F)(F)Oc2ccc(F)cc2)cc1. The van der Waals surface area contributed by atoms with Crippen LogP contribution in [0.1, 0.15) is 43.7 Å². The van der Waals surface area contributed by atoms with Crippen molar-refractivity contribution < 1.29 is 17.9 Å². The molecule has 4 heteroatoms. The third-order valence-corrected chi connectivity index (χ3v) is 3.76. The molecule has 0 fully saturated rings. The summed E-state index contributed by atoms with van der Waals surface area (Å²) in [5, 5.41) is 0. The Balaban J connectivity index is 2.16. The average molecular weight is 308 g/mol. The molecule has 0 aromatic heterocycles. The molecule has 0 spiro atoms. The summed E-state index contributed by atoms with van der Waals surface area (Å²) in [4.78, 5) is 0. The van der Waals surface area contributed by atoms with E-state index in [1.165, 1.54) is 24.3 Å². The van der Waals surface area contributed by atoms with Crippen molar-refractivity contribution in [1.29, 1.82) is 0 Å². The van der Waals surface area contributed by atoms with Crippen LogP contribution in [0, 0.1) is 5.82 Å². The first kappa shape index (κ1) is 16.4. The van der Waals surface area contributed by atoms with Gasteiger partial charge >= 0.3 is 6.11 Å². The molecular weight excluding hydrogens is 289 g/mol. The topological polar surface area (TPSA) is 9.23 Å². The molecule has 2 rings (SSSR count). The second-order valence-corrected chi connectivity index (χ2v) is 5.21. The lowest BCUT2D eigenvalue weighted by molar-refractivity contribution is -0.185. The van der Waals surface area contributed by atoms with Crippen molar-refractivity contribution >= 4 is 0 Å². The molecule has 0 amide bonds. The van der Waals surface area contributed by atoms with Gasteiger partial charge < -0.3 is 4.74 Å². The van der Waals surface area contributed by atoms with Crippen molar-refractivity contribution in [3.8, 4) is 5.75 Å². The monoisotopic (exact) mass is 308 g/mol. The Morgan fingerprint density at radius 3 is 1.95 bits per heavy atom. The highest BCUT2D eigenvalue weighted by atomic mass is 19.3. The molecule has 0 aliphatic rings. The molecule has 0 bridgehead atoms. The van der Waals surface area contributed by atoms with E-state index in [9.17, 15) is 13.2 Å². The molecule has 0 saturated heterocycles. The Morgan fingerprint density at radius 2 is 1.45 bits per heavy atom. The van der Waals surface area contributed by atoms with E-state index in [0.717, 1.165) is 30.5 Å². The van der Waals surface area contributed by atoms with Crippen molar-refractivity contribution in [3.63, 3.8) is 0 Å². The summed E-state index contributed by atoms with van der Waals surface area (Å²) in [6.45, 7) is 4.16. The van der Waals surface area contributed by atoms with E-state index in [1.54, 1.807) is 12.1 Å². The van der Waals surface area contributed by atoms with Crippen LogP contribution in [-0.4, -0.2) is 0 Å². The lowest BCUT2D eigenvalue weighted by atomic mass is 9.93. The first-order chi connectivity index (χ1) is 10.5.